The van der Waals surface area contributed by atoms with Crippen molar-refractivity contribution in [1.82, 2.24) is 4.98 Å². The summed E-state index contributed by atoms with van der Waals surface area (Å²) in [4.78, 5) is 27.4. The van der Waals surface area contributed by atoms with E-state index in [0.29, 0.717) is 11.1 Å². The fraction of sp³-hybridized carbons (Fsp3) is 0. The van der Waals surface area contributed by atoms with E-state index in [1.165, 1.54) is 0 Å². The number of anilines is 1. The molecule has 4 rings (SSSR count). The lowest BCUT2D eigenvalue weighted by Gasteiger charge is -2.06. The molecule has 0 saturated carbocycles. The maximum Gasteiger partial charge on any atom is 0.272 e. The molecule has 0 spiro atoms. The van der Waals surface area contributed by atoms with Crippen molar-refractivity contribution >= 4 is 22.4 Å². The van der Waals surface area contributed by atoms with Crippen LogP contribution in [0, 0.1) is 11.8 Å². The lowest BCUT2D eigenvalue weighted by Crippen LogP contribution is -2.18. The van der Waals surface area contributed by atoms with Crippen LogP contribution in [0.2, 0.25) is 0 Å². The van der Waals surface area contributed by atoms with Gasteiger partial charge in [0, 0.05) is 22.2 Å². The largest absolute Gasteiger partial charge is 0.321 e. The number of benzene rings is 3. The molecule has 0 radical (unpaired) electrons. The van der Waals surface area contributed by atoms with Gasteiger partial charge in [0.25, 0.3) is 11.5 Å². The monoisotopic (exact) mass is 364 g/mol. The number of carbonyl (C=O) groups excluding carboxylic acids is 1. The SMILES string of the molecule is O=C(Nc1cccc(C#Cc2ccccc2)c1)c1cc2ccccc2c(=O)[nH]1. The highest BCUT2D eigenvalue weighted by molar-refractivity contribution is 6.04. The molecule has 4 nitrogen and oxygen atoms in total. The summed E-state index contributed by atoms with van der Waals surface area (Å²) in [6, 6.07) is 25.8. The van der Waals surface area contributed by atoms with Gasteiger partial charge in [-0.1, -0.05) is 54.3 Å². The number of rotatable bonds is 2. The van der Waals surface area contributed by atoms with Crippen molar-refractivity contribution < 1.29 is 4.79 Å². The van der Waals surface area contributed by atoms with Crippen molar-refractivity contribution in [1.29, 1.82) is 0 Å². The van der Waals surface area contributed by atoms with Crippen LogP contribution in [-0.2, 0) is 0 Å². The molecule has 4 aromatic rings. The second kappa shape index (κ2) is 7.65. The maximum absolute atomic E-state index is 12.6. The zero-order chi connectivity index (χ0) is 19.3. The third kappa shape index (κ3) is 3.84. The van der Waals surface area contributed by atoms with Gasteiger partial charge in [0.2, 0.25) is 0 Å². The Morgan fingerprint density at radius 3 is 2.36 bits per heavy atom. The summed E-state index contributed by atoms with van der Waals surface area (Å²) < 4.78 is 0. The highest BCUT2D eigenvalue weighted by Gasteiger charge is 2.10. The molecule has 2 N–H and O–H groups in total. The number of aromatic amines is 1. The highest BCUT2D eigenvalue weighted by atomic mass is 16.2. The summed E-state index contributed by atoms with van der Waals surface area (Å²) in [5.41, 5.74) is 2.24. The number of hydrogen-bond donors (Lipinski definition) is 2. The highest BCUT2D eigenvalue weighted by Crippen LogP contribution is 2.14. The molecule has 1 amide bonds. The predicted molar refractivity (Wildman–Crippen MR) is 111 cm³/mol. The molecule has 1 heterocycles. The Kier molecular flexibility index (Phi) is 4.73. The van der Waals surface area contributed by atoms with Gasteiger partial charge in [0.15, 0.2) is 0 Å². The standard InChI is InChI=1S/C24H16N2O2/c27-23-21-12-5-4-10-19(21)16-22(26-23)24(28)25-20-11-6-9-18(15-20)14-13-17-7-2-1-3-8-17/h1-12,15-16H,(H,25,28)(H,26,27). The summed E-state index contributed by atoms with van der Waals surface area (Å²) in [5.74, 6) is 5.80. The van der Waals surface area contributed by atoms with E-state index in [9.17, 15) is 9.59 Å². The van der Waals surface area contributed by atoms with E-state index in [4.69, 9.17) is 0 Å². The van der Waals surface area contributed by atoms with E-state index in [1.807, 2.05) is 48.5 Å². The van der Waals surface area contributed by atoms with Crippen LogP contribution in [0.4, 0.5) is 5.69 Å². The molecule has 1 aromatic heterocycles. The van der Waals surface area contributed by atoms with Crippen LogP contribution in [0.15, 0.2) is 89.7 Å². The normalized spacial score (nSPS) is 10.1. The summed E-state index contributed by atoms with van der Waals surface area (Å²) in [6.45, 7) is 0. The number of aromatic nitrogens is 1. The molecule has 0 fully saturated rings. The number of nitrogens with one attached hydrogen (secondary N) is 2. The van der Waals surface area contributed by atoms with Crippen LogP contribution in [0.1, 0.15) is 21.6 Å². The van der Waals surface area contributed by atoms with Gasteiger partial charge >= 0.3 is 0 Å². The van der Waals surface area contributed by atoms with Crippen molar-refractivity contribution in [2.45, 2.75) is 0 Å². The van der Waals surface area contributed by atoms with E-state index in [2.05, 4.69) is 22.1 Å². The summed E-state index contributed by atoms with van der Waals surface area (Å²) in [6.07, 6.45) is 0. The van der Waals surface area contributed by atoms with E-state index >= 15 is 0 Å². The summed E-state index contributed by atoms with van der Waals surface area (Å²) in [5, 5.41) is 4.09. The lowest BCUT2D eigenvalue weighted by atomic mass is 10.1. The second-order valence-corrected chi connectivity index (χ2v) is 6.25. The molecule has 0 atom stereocenters. The van der Waals surface area contributed by atoms with Crippen LogP contribution in [0.5, 0.6) is 0 Å². The molecule has 134 valence electrons. The third-order valence-corrected chi connectivity index (χ3v) is 4.24. The number of carbonyl (C=O) groups is 1. The first-order valence-electron chi connectivity index (χ1n) is 8.79. The van der Waals surface area contributed by atoms with Gasteiger partial charge in [0.05, 0.1) is 0 Å². The average molecular weight is 364 g/mol. The Bertz CT molecular complexity index is 1280. The molecule has 28 heavy (non-hydrogen) atoms. The molecule has 0 saturated heterocycles. The van der Waals surface area contributed by atoms with E-state index < -0.39 is 0 Å². The molecular weight excluding hydrogens is 348 g/mol. The molecule has 3 aromatic carbocycles. The number of H-pyrrole nitrogens is 1. The number of amides is 1. The zero-order valence-electron chi connectivity index (χ0n) is 14.9. The quantitative estimate of drug-likeness (QED) is 0.524. The van der Waals surface area contributed by atoms with Crippen LogP contribution >= 0.6 is 0 Å². The van der Waals surface area contributed by atoms with Crippen molar-refractivity contribution in [2.75, 3.05) is 5.32 Å². The third-order valence-electron chi connectivity index (χ3n) is 4.24. The van der Waals surface area contributed by atoms with Crippen LogP contribution in [-0.4, -0.2) is 10.9 Å². The van der Waals surface area contributed by atoms with Crippen molar-refractivity contribution in [3.05, 3.63) is 112 Å². The molecule has 0 bridgehead atoms. The minimum Gasteiger partial charge on any atom is -0.321 e. The number of pyridine rings is 1. The van der Waals surface area contributed by atoms with Crippen LogP contribution < -0.4 is 10.9 Å². The summed E-state index contributed by atoms with van der Waals surface area (Å²) >= 11 is 0. The minimum absolute atomic E-state index is 0.212. The topological polar surface area (TPSA) is 62.0 Å². The van der Waals surface area contributed by atoms with Crippen molar-refractivity contribution in [2.24, 2.45) is 0 Å². The molecule has 0 aliphatic rings. The fourth-order valence-corrected chi connectivity index (χ4v) is 2.87. The Balaban J connectivity index is 1.57. The lowest BCUT2D eigenvalue weighted by molar-refractivity contribution is 0.102. The second-order valence-electron chi connectivity index (χ2n) is 6.25. The van der Waals surface area contributed by atoms with E-state index in [0.717, 1.165) is 16.5 Å². The van der Waals surface area contributed by atoms with Crippen LogP contribution in [0.25, 0.3) is 10.8 Å². The maximum atomic E-state index is 12.6. The van der Waals surface area contributed by atoms with Crippen molar-refractivity contribution in [3.8, 4) is 11.8 Å². The summed E-state index contributed by atoms with van der Waals surface area (Å²) in [7, 11) is 0. The van der Waals surface area contributed by atoms with Gasteiger partial charge in [-0.05, 0) is 47.9 Å². The van der Waals surface area contributed by atoms with E-state index in [-0.39, 0.29) is 17.2 Å². The molecule has 0 aliphatic carbocycles. The average Bonchev–Trinajstić information content (AvgIpc) is 2.73. The molecule has 0 aliphatic heterocycles. The number of hydrogen-bond acceptors (Lipinski definition) is 2. The first kappa shape index (κ1) is 17.3. The van der Waals surface area contributed by atoms with Gasteiger partial charge in [-0.25, -0.2) is 0 Å². The number of fused-ring (bicyclic) bond motifs is 1. The predicted octanol–water partition coefficient (Wildman–Crippen LogP) is 4.18. The Morgan fingerprint density at radius 2 is 1.50 bits per heavy atom. The first-order valence-corrected chi connectivity index (χ1v) is 8.79. The van der Waals surface area contributed by atoms with Gasteiger partial charge in [-0.2, -0.15) is 0 Å². The van der Waals surface area contributed by atoms with Gasteiger partial charge in [-0.3, -0.25) is 9.59 Å². The molecular formula is C24H16N2O2. The van der Waals surface area contributed by atoms with Gasteiger partial charge in [0.1, 0.15) is 5.69 Å². The molecule has 4 heteroatoms. The van der Waals surface area contributed by atoms with Crippen molar-refractivity contribution in [3.63, 3.8) is 0 Å². The van der Waals surface area contributed by atoms with E-state index in [1.54, 1.807) is 36.4 Å². The Hall–Kier alpha value is -4.10. The Labute approximate surface area is 161 Å². The zero-order valence-corrected chi connectivity index (χ0v) is 14.9. The van der Waals surface area contributed by atoms with Gasteiger partial charge < -0.3 is 10.3 Å². The first-order chi connectivity index (χ1) is 13.7. The minimum atomic E-state index is -0.379. The Morgan fingerprint density at radius 1 is 0.786 bits per heavy atom. The molecule has 0 unspecified atom stereocenters. The smallest absolute Gasteiger partial charge is 0.272 e. The van der Waals surface area contributed by atoms with Gasteiger partial charge in [-0.15, -0.1) is 0 Å². The van der Waals surface area contributed by atoms with Crippen LogP contribution in [0.3, 0.4) is 0 Å². The fourth-order valence-electron chi connectivity index (χ4n) is 2.87.